The topological polar surface area (TPSA) is 0 Å². The molecule has 2 heteroatoms. The molecule has 0 nitrogen and oxygen atoms in total. The molecule has 0 saturated heterocycles. The van der Waals surface area contributed by atoms with Crippen molar-refractivity contribution >= 4 is 23.4 Å². The lowest BCUT2D eigenvalue weighted by molar-refractivity contribution is 0.672. The maximum atomic E-state index is 5.84. The van der Waals surface area contributed by atoms with E-state index in [1.54, 1.807) is 5.57 Å². The fraction of sp³-hybridized carbons (Fsp3) is 0.385. The first kappa shape index (κ1) is 11.1. The summed E-state index contributed by atoms with van der Waals surface area (Å²) < 4.78 is 0. The standard InChI is InChI=1S/C13H15ClS/c1-10-3-2-4-11(10)9-15-13-7-5-12(14)6-8-13/h4-8,10H,2-3,9H2,1H3. The van der Waals surface area contributed by atoms with Crippen LogP contribution in [-0.2, 0) is 0 Å². The molecule has 0 spiro atoms. The maximum absolute atomic E-state index is 5.84. The fourth-order valence-corrected chi connectivity index (χ4v) is 2.99. The molecule has 0 amide bonds. The Kier molecular flexibility index (Phi) is 3.76. The van der Waals surface area contributed by atoms with E-state index in [0.29, 0.717) is 0 Å². The molecule has 1 aliphatic carbocycles. The molecule has 0 radical (unpaired) electrons. The maximum Gasteiger partial charge on any atom is 0.0406 e. The van der Waals surface area contributed by atoms with Gasteiger partial charge < -0.3 is 0 Å². The minimum Gasteiger partial charge on any atom is -0.122 e. The van der Waals surface area contributed by atoms with Crippen molar-refractivity contribution in [2.45, 2.75) is 24.7 Å². The predicted octanol–water partition coefficient (Wildman–Crippen LogP) is 4.79. The molecule has 0 saturated carbocycles. The van der Waals surface area contributed by atoms with E-state index in [2.05, 4.69) is 25.1 Å². The van der Waals surface area contributed by atoms with Gasteiger partial charge in [0, 0.05) is 15.7 Å². The van der Waals surface area contributed by atoms with Gasteiger partial charge in [-0.05, 0) is 43.0 Å². The highest BCUT2D eigenvalue weighted by atomic mass is 35.5. The zero-order valence-corrected chi connectivity index (χ0v) is 10.4. The van der Waals surface area contributed by atoms with E-state index in [1.165, 1.54) is 17.7 Å². The Morgan fingerprint density at radius 3 is 2.67 bits per heavy atom. The summed E-state index contributed by atoms with van der Waals surface area (Å²) in [7, 11) is 0. The van der Waals surface area contributed by atoms with Crippen LogP contribution in [0.2, 0.25) is 5.02 Å². The third kappa shape index (κ3) is 3.02. The van der Waals surface area contributed by atoms with Crippen LogP contribution in [0.1, 0.15) is 19.8 Å². The largest absolute Gasteiger partial charge is 0.122 e. The molecule has 1 aliphatic rings. The van der Waals surface area contributed by atoms with E-state index >= 15 is 0 Å². The minimum atomic E-state index is 0.782. The molecule has 1 aromatic rings. The monoisotopic (exact) mass is 238 g/mol. The van der Waals surface area contributed by atoms with Gasteiger partial charge in [0.1, 0.15) is 0 Å². The lowest BCUT2D eigenvalue weighted by atomic mass is 10.1. The fourth-order valence-electron chi connectivity index (χ4n) is 1.80. The summed E-state index contributed by atoms with van der Waals surface area (Å²) in [5.74, 6) is 1.91. The van der Waals surface area contributed by atoms with E-state index in [-0.39, 0.29) is 0 Å². The zero-order chi connectivity index (χ0) is 10.7. The SMILES string of the molecule is CC1CCC=C1CSc1ccc(Cl)cc1. The third-order valence-corrected chi connectivity index (χ3v) is 4.19. The van der Waals surface area contributed by atoms with E-state index in [4.69, 9.17) is 11.6 Å². The Hall–Kier alpha value is -0.400. The van der Waals surface area contributed by atoms with Gasteiger partial charge in [0.25, 0.3) is 0 Å². The van der Waals surface area contributed by atoms with Crippen LogP contribution in [0.25, 0.3) is 0 Å². The molecule has 0 bridgehead atoms. The van der Waals surface area contributed by atoms with Crippen molar-refractivity contribution in [2.75, 3.05) is 5.75 Å². The minimum absolute atomic E-state index is 0.782. The van der Waals surface area contributed by atoms with Gasteiger partial charge in [-0.15, -0.1) is 11.8 Å². The average Bonchev–Trinajstić information content (AvgIpc) is 2.63. The van der Waals surface area contributed by atoms with Crippen LogP contribution in [0, 0.1) is 5.92 Å². The first-order valence-electron chi connectivity index (χ1n) is 5.33. The first-order valence-corrected chi connectivity index (χ1v) is 6.69. The highest BCUT2D eigenvalue weighted by molar-refractivity contribution is 7.99. The molecule has 15 heavy (non-hydrogen) atoms. The molecule has 1 unspecified atom stereocenters. The molecule has 80 valence electrons. The number of benzene rings is 1. The second-order valence-corrected chi connectivity index (χ2v) is 5.49. The highest BCUT2D eigenvalue weighted by Crippen LogP contribution is 2.30. The molecular weight excluding hydrogens is 224 g/mol. The van der Waals surface area contributed by atoms with Crippen molar-refractivity contribution < 1.29 is 0 Å². The lowest BCUT2D eigenvalue weighted by Crippen LogP contribution is -1.95. The van der Waals surface area contributed by atoms with Crippen molar-refractivity contribution in [3.63, 3.8) is 0 Å². The Labute approximate surface area is 101 Å². The number of thioether (sulfide) groups is 1. The van der Waals surface area contributed by atoms with Crippen LogP contribution < -0.4 is 0 Å². The first-order chi connectivity index (χ1) is 7.25. The van der Waals surface area contributed by atoms with Crippen molar-refractivity contribution in [2.24, 2.45) is 5.92 Å². The number of rotatable bonds is 3. The lowest BCUT2D eigenvalue weighted by Gasteiger charge is -2.08. The van der Waals surface area contributed by atoms with Crippen molar-refractivity contribution in [1.82, 2.24) is 0 Å². The second kappa shape index (κ2) is 5.09. The summed E-state index contributed by atoms with van der Waals surface area (Å²) in [6.07, 6.45) is 4.99. The molecule has 1 atom stereocenters. The van der Waals surface area contributed by atoms with Crippen molar-refractivity contribution in [1.29, 1.82) is 0 Å². The summed E-state index contributed by atoms with van der Waals surface area (Å²) in [6.45, 7) is 2.32. The molecule has 0 heterocycles. The van der Waals surface area contributed by atoms with Gasteiger partial charge in [-0.1, -0.05) is 30.2 Å². The zero-order valence-electron chi connectivity index (χ0n) is 8.87. The summed E-state index contributed by atoms with van der Waals surface area (Å²) in [5.41, 5.74) is 1.61. The number of halogens is 1. The van der Waals surface area contributed by atoms with Gasteiger partial charge in [0.05, 0.1) is 0 Å². The smallest absolute Gasteiger partial charge is 0.0406 e. The normalized spacial score (nSPS) is 20.4. The number of hydrogen-bond donors (Lipinski definition) is 0. The van der Waals surface area contributed by atoms with Crippen LogP contribution in [0.4, 0.5) is 0 Å². The summed E-state index contributed by atoms with van der Waals surface area (Å²) in [5, 5.41) is 0.813. The van der Waals surface area contributed by atoms with Gasteiger partial charge in [0.2, 0.25) is 0 Å². The second-order valence-electron chi connectivity index (χ2n) is 4.00. The van der Waals surface area contributed by atoms with E-state index in [9.17, 15) is 0 Å². The van der Waals surface area contributed by atoms with Crippen LogP contribution >= 0.6 is 23.4 Å². The van der Waals surface area contributed by atoms with Gasteiger partial charge in [0.15, 0.2) is 0 Å². The van der Waals surface area contributed by atoms with Crippen LogP contribution in [0.15, 0.2) is 40.8 Å². The van der Waals surface area contributed by atoms with Crippen molar-refractivity contribution in [3.05, 3.63) is 40.9 Å². The summed E-state index contributed by atoms with van der Waals surface area (Å²) in [4.78, 5) is 1.31. The summed E-state index contributed by atoms with van der Waals surface area (Å²) in [6, 6.07) is 8.09. The molecule has 0 aliphatic heterocycles. The molecule has 1 aromatic carbocycles. The Bertz CT molecular complexity index is 353. The predicted molar refractivity (Wildman–Crippen MR) is 68.7 cm³/mol. The van der Waals surface area contributed by atoms with Crippen LogP contribution in [0.3, 0.4) is 0 Å². The van der Waals surface area contributed by atoms with Crippen LogP contribution in [-0.4, -0.2) is 5.75 Å². The average molecular weight is 239 g/mol. The number of allylic oxidation sites excluding steroid dienone is 1. The molecule has 2 rings (SSSR count). The van der Waals surface area contributed by atoms with Crippen LogP contribution in [0.5, 0.6) is 0 Å². The molecule has 0 aromatic heterocycles. The molecular formula is C13H15ClS. The van der Waals surface area contributed by atoms with Gasteiger partial charge in [-0.25, -0.2) is 0 Å². The van der Waals surface area contributed by atoms with E-state index < -0.39 is 0 Å². The molecule has 0 fully saturated rings. The van der Waals surface area contributed by atoms with Gasteiger partial charge >= 0.3 is 0 Å². The Morgan fingerprint density at radius 2 is 2.07 bits per heavy atom. The highest BCUT2D eigenvalue weighted by Gasteiger charge is 2.13. The van der Waals surface area contributed by atoms with Gasteiger partial charge in [-0.3, -0.25) is 0 Å². The van der Waals surface area contributed by atoms with Crippen molar-refractivity contribution in [3.8, 4) is 0 Å². The number of hydrogen-bond acceptors (Lipinski definition) is 1. The van der Waals surface area contributed by atoms with E-state index in [1.807, 2.05) is 23.9 Å². The van der Waals surface area contributed by atoms with Gasteiger partial charge in [-0.2, -0.15) is 0 Å². The van der Waals surface area contributed by atoms with E-state index in [0.717, 1.165) is 16.7 Å². The summed E-state index contributed by atoms with van der Waals surface area (Å²) >= 11 is 7.74. The Balaban J connectivity index is 1.90. The third-order valence-electron chi connectivity index (χ3n) is 2.86. The molecule has 0 N–H and O–H groups in total. The quantitative estimate of drug-likeness (QED) is 0.539. The Morgan fingerprint density at radius 1 is 1.33 bits per heavy atom.